The fourth-order valence-corrected chi connectivity index (χ4v) is 15.3. The lowest BCUT2D eigenvalue weighted by molar-refractivity contribution is -0.188. The zero-order chi connectivity index (χ0) is 22.0. The second-order valence-electron chi connectivity index (χ2n) is 16.0. The van der Waals surface area contributed by atoms with Crippen molar-refractivity contribution in [2.45, 2.75) is 116 Å². The molecule has 0 spiro atoms. The molecule has 188 valence electrons. The van der Waals surface area contributed by atoms with Gasteiger partial charge in [-0.05, 0) is 146 Å². The second kappa shape index (κ2) is 7.76. The van der Waals surface area contributed by atoms with E-state index in [9.17, 15) is 0 Å². The minimum Gasteiger partial charge on any atom is -0.0530 e. The molecule has 9 saturated carbocycles. The van der Waals surface area contributed by atoms with Crippen molar-refractivity contribution >= 4 is 0 Å². The predicted molar refractivity (Wildman–Crippen MR) is 139 cm³/mol. The van der Waals surface area contributed by atoms with Gasteiger partial charge in [-0.3, -0.25) is 0 Å². The summed E-state index contributed by atoms with van der Waals surface area (Å²) in [6, 6.07) is 0. The van der Waals surface area contributed by atoms with E-state index in [1.807, 2.05) is 0 Å². The molecule has 16 unspecified atom stereocenters. The summed E-state index contributed by atoms with van der Waals surface area (Å²) in [5, 5.41) is 0. The van der Waals surface area contributed by atoms with Crippen LogP contribution in [0, 0.1) is 94.7 Å². The molecule has 0 bridgehead atoms. The molecule has 0 N–H and O–H groups in total. The quantitative estimate of drug-likeness (QED) is 0.338. The van der Waals surface area contributed by atoms with Crippen molar-refractivity contribution in [2.24, 2.45) is 94.7 Å². The Bertz CT molecular complexity index is 796. The molecular weight excluding hydrogens is 408 g/mol. The van der Waals surface area contributed by atoms with E-state index < -0.39 is 0 Å². The number of rotatable bonds is 0. The van der Waals surface area contributed by atoms with Crippen LogP contribution in [0.25, 0.3) is 0 Å². The van der Waals surface area contributed by atoms with Crippen molar-refractivity contribution in [3.63, 3.8) is 0 Å². The van der Waals surface area contributed by atoms with Gasteiger partial charge < -0.3 is 0 Å². The lowest BCUT2D eigenvalue weighted by Gasteiger charge is -2.67. The van der Waals surface area contributed by atoms with Gasteiger partial charge in [-0.25, -0.2) is 0 Å². The van der Waals surface area contributed by atoms with Gasteiger partial charge in [0, 0.05) is 0 Å². The molecule has 9 aliphatic carbocycles. The Balaban J connectivity index is 1.16. The Morgan fingerprint density at radius 1 is 0.235 bits per heavy atom. The summed E-state index contributed by atoms with van der Waals surface area (Å²) in [7, 11) is 0. The van der Waals surface area contributed by atoms with Crippen LogP contribution in [-0.4, -0.2) is 0 Å². The topological polar surface area (TPSA) is 0 Å². The first-order chi connectivity index (χ1) is 16.9. The highest BCUT2D eigenvalue weighted by molar-refractivity contribution is 5.15. The van der Waals surface area contributed by atoms with E-state index in [1.165, 1.54) is 76.9 Å². The number of hydrogen-bond donors (Lipinski definition) is 0. The average molecular weight is 461 g/mol. The van der Waals surface area contributed by atoms with Gasteiger partial charge >= 0.3 is 0 Å². The zero-order valence-electron chi connectivity index (χ0n) is 22.0. The summed E-state index contributed by atoms with van der Waals surface area (Å²) in [6.07, 6.45) is 29.5. The molecule has 0 amide bonds. The molecule has 0 heterocycles. The van der Waals surface area contributed by atoms with Crippen LogP contribution < -0.4 is 0 Å². The highest BCUT2D eigenvalue weighted by atomic mass is 14.7. The molecule has 0 nitrogen and oxygen atoms in total. The van der Waals surface area contributed by atoms with Crippen LogP contribution in [0.2, 0.25) is 0 Å². The largest absolute Gasteiger partial charge is 0.0530 e. The molecule has 0 aromatic rings. The summed E-state index contributed by atoms with van der Waals surface area (Å²) < 4.78 is 0. The number of hydrogen-bond acceptors (Lipinski definition) is 0. The van der Waals surface area contributed by atoms with Crippen LogP contribution in [0.3, 0.4) is 0 Å². The summed E-state index contributed by atoms with van der Waals surface area (Å²) in [4.78, 5) is 0. The van der Waals surface area contributed by atoms with Crippen molar-refractivity contribution in [3.05, 3.63) is 0 Å². The molecule has 0 aromatic carbocycles. The smallest absolute Gasteiger partial charge is 0.0318 e. The van der Waals surface area contributed by atoms with Gasteiger partial charge in [0.15, 0.2) is 0 Å². The monoisotopic (exact) mass is 460 g/mol. The standard InChI is InChI=1S/C34H52/c1-3-11-22-20(7-1)15-26-27(22)17-30-24-13-5-9-19-10-6-14-25(32(19)24)33-29-16-21-8-2-4-12-23(21)28(29)18-31(26)34(30)33/h19-34H,1-18H2. The molecule has 0 aromatic heterocycles. The molecule has 0 heteroatoms. The maximum Gasteiger partial charge on any atom is -0.0318 e. The van der Waals surface area contributed by atoms with Crippen LogP contribution in [0.5, 0.6) is 0 Å². The van der Waals surface area contributed by atoms with Crippen molar-refractivity contribution in [2.75, 3.05) is 0 Å². The van der Waals surface area contributed by atoms with Crippen LogP contribution in [-0.2, 0) is 0 Å². The molecule has 9 rings (SSSR count). The maximum absolute atomic E-state index is 1.73. The van der Waals surface area contributed by atoms with E-state index in [0.29, 0.717) is 0 Å². The third kappa shape index (κ3) is 2.74. The zero-order valence-corrected chi connectivity index (χ0v) is 22.0. The molecule has 34 heavy (non-hydrogen) atoms. The van der Waals surface area contributed by atoms with Gasteiger partial charge in [-0.2, -0.15) is 0 Å². The highest BCUT2D eigenvalue weighted by Gasteiger charge is 2.67. The third-order valence-electron chi connectivity index (χ3n) is 15.7. The van der Waals surface area contributed by atoms with Crippen molar-refractivity contribution < 1.29 is 0 Å². The summed E-state index contributed by atoms with van der Waals surface area (Å²) in [5.41, 5.74) is 0. The average Bonchev–Trinajstić information content (AvgIpc) is 3.45. The first kappa shape index (κ1) is 21.0. The summed E-state index contributed by atoms with van der Waals surface area (Å²) >= 11 is 0. The highest BCUT2D eigenvalue weighted by Crippen LogP contribution is 2.73. The second-order valence-corrected chi connectivity index (χ2v) is 16.0. The third-order valence-corrected chi connectivity index (χ3v) is 15.7. The van der Waals surface area contributed by atoms with E-state index >= 15 is 0 Å². The van der Waals surface area contributed by atoms with Gasteiger partial charge in [0.25, 0.3) is 0 Å². The fraction of sp³-hybridized carbons (Fsp3) is 1.00. The van der Waals surface area contributed by atoms with Crippen molar-refractivity contribution in [1.82, 2.24) is 0 Å². The summed E-state index contributed by atoms with van der Waals surface area (Å²) in [6.45, 7) is 0. The molecule has 9 aliphatic rings. The van der Waals surface area contributed by atoms with Crippen LogP contribution in [0.15, 0.2) is 0 Å². The Morgan fingerprint density at radius 3 is 1.41 bits per heavy atom. The fourth-order valence-electron chi connectivity index (χ4n) is 15.3. The Labute approximate surface area is 210 Å². The normalized spacial score (nSPS) is 63.5. The first-order valence-electron chi connectivity index (χ1n) is 16.9. The lowest BCUT2D eigenvalue weighted by atomic mass is 9.38. The van der Waals surface area contributed by atoms with Gasteiger partial charge in [0.05, 0.1) is 0 Å². The van der Waals surface area contributed by atoms with Crippen LogP contribution in [0.1, 0.15) is 116 Å². The Morgan fingerprint density at radius 2 is 0.676 bits per heavy atom. The first-order valence-corrected chi connectivity index (χ1v) is 16.9. The lowest BCUT2D eigenvalue weighted by Crippen LogP contribution is -2.61. The SMILES string of the molecule is C1CCC2C(C1)CC1C2CC2C3CCCC4CCCC(C43)C3C4CC5CCCCC5C4CC1C23. The molecule has 0 aliphatic heterocycles. The minimum absolute atomic E-state index is 1.16. The predicted octanol–water partition coefficient (Wildman–Crippen LogP) is 8.99. The van der Waals surface area contributed by atoms with E-state index in [1.54, 1.807) is 116 Å². The maximum atomic E-state index is 1.73. The molecule has 16 atom stereocenters. The number of fused-ring (bicyclic) bond motifs is 10. The van der Waals surface area contributed by atoms with Crippen molar-refractivity contribution in [1.29, 1.82) is 0 Å². The van der Waals surface area contributed by atoms with E-state index in [4.69, 9.17) is 0 Å². The summed E-state index contributed by atoms with van der Waals surface area (Å²) in [5.74, 6) is 18.9. The molecular formula is C34H52. The van der Waals surface area contributed by atoms with Gasteiger partial charge in [-0.1, -0.05) is 64.2 Å². The van der Waals surface area contributed by atoms with E-state index in [0.717, 1.165) is 17.8 Å². The van der Waals surface area contributed by atoms with E-state index in [-0.39, 0.29) is 0 Å². The van der Waals surface area contributed by atoms with Gasteiger partial charge in [0.1, 0.15) is 0 Å². The van der Waals surface area contributed by atoms with E-state index in [2.05, 4.69) is 0 Å². The van der Waals surface area contributed by atoms with Gasteiger partial charge in [-0.15, -0.1) is 0 Å². The van der Waals surface area contributed by atoms with Crippen LogP contribution in [0.4, 0.5) is 0 Å². The minimum atomic E-state index is 1.16. The molecule has 0 saturated heterocycles. The van der Waals surface area contributed by atoms with Crippen molar-refractivity contribution in [3.8, 4) is 0 Å². The van der Waals surface area contributed by atoms with Crippen LogP contribution >= 0.6 is 0 Å². The Hall–Kier alpha value is 0. The van der Waals surface area contributed by atoms with Gasteiger partial charge in [0.2, 0.25) is 0 Å². The molecule has 9 fully saturated rings. The Kier molecular flexibility index (Phi) is 4.79. The molecule has 0 radical (unpaired) electrons.